The van der Waals surface area contributed by atoms with Crippen molar-refractivity contribution in [2.24, 2.45) is 0 Å². The lowest BCUT2D eigenvalue weighted by atomic mass is 10.2. The molecule has 4 rings (SSSR count). The molecule has 0 saturated carbocycles. The normalized spacial score (nSPS) is 10.8. The number of nitrogens with zero attached hydrogens (tertiary/aromatic N) is 2. The lowest BCUT2D eigenvalue weighted by molar-refractivity contribution is 0.0697. The van der Waals surface area contributed by atoms with E-state index in [1.165, 1.54) is 17.7 Å². The summed E-state index contributed by atoms with van der Waals surface area (Å²) < 4.78 is 8.01. The highest BCUT2D eigenvalue weighted by Crippen LogP contribution is 2.20. The Hall–Kier alpha value is -3.60. The first-order chi connectivity index (χ1) is 13.2. The van der Waals surface area contributed by atoms with Gasteiger partial charge in [-0.3, -0.25) is 0 Å². The Bertz CT molecular complexity index is 1070. The minimum atomic E-state index is -0.953. The summed E-state index contributed by atoms with van der Waals surface area (Å²) in [6.07, 6.45) is 0. The Morgan fingerprint density at radius 1 is 0.926 bits per heavy atom. The predicted molar refractivity (Wildman–Crippen MR) is 103 cm³/mol. The van der Waals surface area contributed by atoms with Gasteiger partial charge in [0.1, 0.15) is 18.2 Å². The second kappa shape index (κ2) is 7.33. The second-order valence-corrected chi connectivity index (χ2v) is 6.21. The number of hydrogen-bond acceptors (Lipinski definition) is 3. The monoisotopic (exact) mass is 358 g/mol. The van der Waals surface area contributed by atoms with Crippen molar-refractivity contribution in [2.45, 2.75) is 13.2 Å². The van der Waals surface area contributed by atoms with Crippen molar-refractivity contribution in [3.05, 3.63) is 95.8 Å². The number of benzene rings is 3. The van der Waals surface area contributed by atoms with Crippen molar-refractivity contribution in [1.29, 1.82) is 0 Å². The summed E-state index contributed by atoms with van der Waals surface area (Å²) in [6.45, 7) is 1.01. The molecule has 0 aliphatic carbocycles. The van der Waals surface area contributed by atoms with Gasteiger partial charge in [-0.15, -0.1) is 0 Å². The number of imidazole rings is 1. The van der Waals surface area contributed by atoms with Crippen LogP contribution >= 0.6 is 0 Å². The molecule has 0 saturated heterocycles. The minimum absolute atomic E-state index is 0.235. The number of hydrogen-bond donors (Lipinski definition) is 1. The van der Waals surface area contributed by atoms with Crippen LogP contribution in [0.3, 0.4) is 0 Å². The number of aromatic nitrogens is 2. The molecule has 0 radical (unpaired) electrons. The molecule has 5 nitrogen and oxygen atoms in total. The minimum Gasteiger partial charge on any atom is -0.486 e. The molecule has 5 heteroatoms. The maximum absolute atomic E-state index is 11.0. The van der Waals surface area contributed by atoms with Gasteiger partial charge in [0.15, 0.2) is 0 Å². The number of carboxylic acids is 1. The van der Waals surface area contributed by atoms with E-state index in [4.69, 9.17) is 14.8 Å². The Balaban J connectivity index is 1.60. The zero-order chi connectivity index (χ0) is 18.6. The Kier molecular flexibility index (Phi) is 4.58. The Labute approximate surface area is 156 Å². The fourth-order valence-corrected chi connectivity index (χ4v) is 3.02. The average molecular weight is 358 g/mol. The summed E-state index contributed by atoms with van der Waals surface area (Å²) in [5.74, 6) is 0.479. The summed E-state index contributed by atoms with van der Waals surface area (Å²) in [5, 5.41) is 8.99. The maximum Gasteiger partial charge on any atom is 0.335 e. The number of fused-ring (bicyclic) bond motifs is 1. The van der Waals surface area contributed by atoms with Gasteiger partial charge >= 0.3 is 5.97 Å². The second-order valence-electron chi connectivity index (χ2n) is 6.21. The van der Waals surface area contributed by atoms with Crippen LogP contribution in [0.2, 0.25) is 0 Å². The molecule has 0 bridgehead atoms. The van der Waals surface area contributed by atoms with Gasteiger partial charge in [0, 0.05) is 6.54 Å². The van der Waals surface area contributed by atoms with E-state index in [1.807, 2.05) is 36.4 Å². The van der Waals surface area contributed by atoms with Gasteiger partial charge in [-0.1, -0.05) is 42.5 Å². The first-order valence-corrected chi connectivity index (χ1v) is 8.65. The van der Waals surface area contributed by atoms with Crippen LogP contribution in [0.15, 0.2) is 78.9 Å². The molecule has 0 aliphatic rings. The van der Waals surface area contributed by atoms with Crippen molar-refractivity contribution >= 4 is 17.0 Å². The SMILES string of the molecule is O=C(O)c1ccc(OCc2nc3ccccc3n2Cc2ccccc2)cc1. The summed E-state index contributed by atoms with van der Waals surface area (Å²) >= 11 is 0. The fourth-order valence-electron chi connectivity index (χ4n) is 3.02. The van der Waals surface area contributed by atoms with E-state index >= 15 is 0 Å². The quantitative estimate of drug-likeness (QED) is 0.556. The van der Waals surface area contributed by atoms with Gasteiger partial charge in [0.2, 0.25) is 0 Å². The lowest BCUT2D eigenvalue weighted by Crippen LogP contribution is -2.08. The molecule has 0 unspecified atom stereocenters. The molecule has 0 atom stereocenters. The first-order valence-electron chi connectivity index (χ1n) is 8.65. The highest BCUT2D eigenvalue weighted by Gasteiger charge is 2.12. The summed E-state index contributed by atoms with van der Waals surface area (Å²) in [7, 11) is 0. The van der Waals surface area contributed by atoms with Crippen molar-refractivity contribution in [1.82, 2.24) is 9.55 Å². The summed E-state index contributed by atoms with van der Waals surface area (Å²) in [4.78, 5) is 15.7. The predicted octanol–water partition coefficient (Wildman–Crippen LogP) is 4.36. The summed E-state index contributed by atoms with van der Waals surface area (Å²) in [5.41, 5.74) is 3.40. The van der Waals surface area contributed by atoms with Crippen LogP contribution in [0.4, 0.5) is 0 Å². The van der Waals surface area contributed by atoms with E-state index in [0.29, 0.717) is 18.9 Å². The van der Waals surface area contributed by atoms with Crippen molar-refractivity contribution in [3.8, 4) is 5.75 Å². The van der Waals surface area contributed by atoms with E-state index in [0.717, 1.165) is 16.9 Å². The highest BCUT2D eigenvalue weighted by molar-refractivity contribution is 5.87. The highest BCUT2D eigenvalue weighted by atomic mass is 16.5. The van der Waals surface area contributed by atoms with Crippen LogP contribution < -0.4 is 4.74 Å². The van der Waals surface area contributed by atoms with Gasteiger partial charge in [-0.05, 0) is 42.0 Å². The standard InChI is InChI=1S/C22H18N2O3/c25-22(26)17-10-12-18(13-11-17)27-15-21-23-19-8-4-5-9-20(19)24(21)14-16-6-2-1-3-7-16/h1-13H,14-15H2,(H,25,26). The number of rotatable bonds is 6. The smallest absolute Gasteiger partial charge is 0.335 e. The molecule has 0 amide bonds. The van der Waals surface area contributed by atoms with Gasteiger partial charge in [-0.25, -0.2) is 9.78 Å². The number of para-hydroxylation sites is 2. The van der Waals surface area contributed by atoms with E-state index in [1.54, 1.807) is 12.1 Å². The first kappa shape index (κ1) is 16.8. The maximum atomic E-state index is 11.0. The molecule has 27 heavy (non-hydrogen) atoms. The molecule has 0 spiro atoms. The lowest BCUT2D eigenvalue weighted by Gasteiger charge is -2.11. The van der Waals surface area contributed by atoms with Crippen molar-refractivity contribution in [3.63, 3.8) is 0 Å². The molecule has 1 N–H and O–H groups in total. The Morgan fingerprint density at radius 2 is 1.63 bits per heavy atom. The van der Waals surface area contributed by atoms with Crippen LogP contribution in [-0.2, 0) is 13.2 Å². The summed E-state index contributed by atoms with van der Waals surface area (Å²) in [6, 6.07) is 24.6. The van der Waals surface area contributed by atoms with E-state index < -0.39 is 5.97 Å². The van der Waals surface area contributed by atoms with Gasteiger partial charge in [0.25, 0.3) is 0 Å². The third-order valence-electron chi connectivity index (χ3n) is 4.39. The van der Waals surface area contributed by atoms with Gasteiger partial charge in [-0.2, -0.15) is 0 Å². The molecule has 1 aromatic heterocycles. The Morgan fingerprint density at radius 3 is 2.37 bits per heavy atom. The average Bonchev–Trinajstić information content (AvgIpc) is 3.05. The molecular formula is C22H18N2O3. The van der Waals surface area contributed by atoms with Crippen LogP contribution in [-0.4, -0.2) is 20.6 Å². The van der Waals surface area contributed by atoms with E-state index in [-0.39, 0.29) is 5.56 Å². The molecule has 3 aromatic carbocycles. The number of aromatic carboxylic acids is 1. The number of carbonyl (C=O) groups is 1. The molecule has 134 valence electrons. The molecule has 1 heterocycles. The molecule has 0 fully saturated rings. The topological polar surface area (TPSA) is 64.3 Å². The number of carboxylic acid groups (broad SMARTS) is 1. The van der Waals surface area contributed by atoms with E-state index in [9.17, 15) is 4.79 Å². The van der Waals surface area contributed by atoms with Crippen LogP contribution in [0.25, 0.3) is 11.0 Å². The number of ether oxygens (including phenoxy) is 1. The van der Waals surface area contributed by atoms with Crippen molar-refractivity contribution < 1.29 is 14.6 Å². The zero-order valence-corrected chi connectivity index (χ0v) is 14.6. The van der Waals surface area contributed by atoms with Gasteiger partial charge in [0.05, 0.1) is 16.6 Å². The molecule has 0 aliphatic heterocycles. The zero-order valence-electron chi connectivity index (χ0n) is 14.6. The molecular weight excluding hydrogens is 340 g/mol. The third-order valence-corrected chi connectivity index (χ3v) is 4.39. The third kappa shape index (κ3) is 3.67. The van der Waals surface area contributed by atoms with Crippen LogP contribution in [0.5, 0.6) is 5.75 Å². The largest absolute Gasteiger partial charge is 0.486 e. The van der Waals surface area contributed by atoms with Gasteiger partial charge < -0.3 is 14.4 Å². The van der Waals surface area contributed by atoms with Crippen molar-refractivity contribution in [2.75, 3.05) is 0 Å². The fraction of sp³-hybridized carbons (Fsp3) is 0.0909. The van der Waals surface area contributed by atoms with E-state index in [2.05, 4.69) is 22.8 Å². The molecule has 4 aromatic rings. The van der Waals surface area contributed by atoms with Crippen LogP contribution in [0.1, 0.15) is 21.7 Å². The van der Waals surface area contributed by atoms with Crippen LogP contribution in [0, 0.1) is 0 Å².